The second kappa shape index (κ2) is 5.32. The molecule has 1 aromatic rings. The minimum Gasteiger partial charge on any atom is -0.363 e. The number of ketones is 1. The van der Waals surface area contributed by atoms with Crippen molar-refractivity contribution >= 4 is 11.5 Å². The SMILES string of the molecule is CC(C)c1ccc(N2CCNCC(=O)C2)cc1. The average molecular weight is 232 g/mol. The molecule has 0 unspecified atom stereocenters. The maximum Gasteiger partial charge on any atom is 0.165 e. The van der Waals surface area contributed by atoms with E-state index in [9.17, 15) is 4.79 Å². The Balaban J connectivity index is 2.12. The van der Waals surface area contributed by atoms with Crippen LogP contribution in [-0.2, 0) is 4.79 Å². The molecule has 17 heavy (non-hydrogen) atoms. The van der Waals surface area contributed by atoms with E-state index in [1.165, 1.54) is 5.56 Å². The van der Waals surface area contributed by atoms with E-state index in [4.69, 9.17) is 0 Å². The highest BCUT2D eigenvalue weighted by atomic mass is 16.1. The molecule has 0 bridgehead atoms. The molecule has 0 spiro atoms. The van der Waals surface area contributed by atoms with Crippen LogP contribution in [0.5, 0.6) is 0 Å². The molecule has 1 heterocycles. The van der Waals surface area contributed by atoms with E-state index in [0.717, 1.165) is 18.8 Å². The summed E-state index contributed by atoms with van der Waals surface area (Å²) in [6.45, 7) is 7.17. The van der Waals surface area contributed by atoms with Crippen LogP contribution in [0.15, 0.2) is 24.3 Å². The topological polar surface area (TPSA) is 32.3 Å². The van der Waals surface area contributed by atoms with Gasteiger partial charge in [0.15, 0.2) is 5.78 Å². The number of nitrogens with one attached hydrogen (secondary N) is 1. The molecule has 3 nitrogen and oxygen atoms in total. The molecule has 0 saturated carbocycles. The van der Waals surface area contributed by atoms with E-state index < -0.39 is 0 Å². The number of benzene rings is 1. The highest BCUT2D eigenvalue weighted by molar-refractivity contribution is 5.85. The Bertz CT molecular complexity index is 384. The van der Waals surface area contributed by atoms with E-state index in [1.807, 2.05) is 0 Å². The summed E-state index contributed by atoms with van der Waals surface area (Å²) in [4.78, 5) is 13.7. The second-order valence-corrected chi connectivity index (χ2v) is 4.88. The van der Waals surface area contributed by atoms with E-state index in [0.29, 0.717) is 19.0 Å². The summed E-state index contributed by atoms with van der Waals surface area (Å²) in [5.41, 5.74) is 2.49. The number of hydrogen-bond acceptors (Lipinski definition) is 3. The Kier molecular flexibility index (Phi) is 3.79. The summed E-state index contributed by atoms with van der Waals surface area (Å²) in [6, 6.07) is 8.55. The van der Waals surface area contributed by atoms with Gasteiger partial charge in [0.1, 0.15) is 0 Å². The molecule has 0 aromatic heterocycles. The van der Waals surface area contributed by atoms with E-state index in [1.54, 1.807) is 0 Å². The Morgan fingerprint density at radius 3 is 2.59 bits per heavy atom. The molecule has 0 atom stereocenters. The average Bonchev–Trinajstić information content (AvgIpc) is 2.54. The number of hydrogen-bond donors (Lipinski definition) is 1. The van der Waals surface area contributed by atoms with Crippen LogP contribution in [0.1, 0.15) is 25.3 Å². The minimum atomic E-state index is 0.260. The predicted molar refractivity (Wildman–Crippen MR) is 70.6 cm³/mol. The standard InChI is InChI=1S/C14H20N2O/c1-11(2)12-3-5-13(6-4-12)16-8-7-15-9-14(17)10-16/h3-6,11,15H,7-10H2,1-2H3. The van der Waals surface area contributed by atoms with Crippen LogP contribution in [0.2, 0.25) is 0 Å². The molecule has 0 aliphatic carbocycles. The summed E-state index contributed by atoms with van der Waals surface area (Å²) >= 11 is 0. The number of carbonyl (C=O) groups excluding carboxylic acids is 1. The van der Waals surface area contributed by atoms with Crippen molar-refractivity contribution in [2.75, 3.05) is 31.1 Å². The van der Waals surface area contributed by atoms with Gasteiger partial charge >= 0.3 is 0 Å². The number of Topliss-reactive ketones (excluding diaryl/α,β-unsaturated/α-hetero) is 1. The van der Waals surface area contributed by atoms with Crippen molar-refractivity contribution in [1.82, 2.24) is 5.32 Å². The molecule has 2 rings (SSSR count). The van der Waals surface area contributed by atoms with Gasteiger partial charge < -0.3 is 10.2 Å². The quantitative estimate of drug-likeness (QED) is 0.843. The zero-order chi connectivity index (χ0) is 12.3. The lowest BCUT2D eigenvalue weighted by Crippen LogP contribution is -2.29. The predicted octanol–water partition coefficient (Wildman–Crippen LogP) is 1.79. The van der Waals surface area contributed by atoms with Crippen molar-refractivity contribution in [1.29, 1.82) is 0 Å². The van der Waals surface area contributed by atoms with Gasteiger partial charge in [0, 0.05) is 18.8 Å². The lowest BCUT2D eigenvalue weighted by Gasteiger charge is -2.22. The summed E-state index contributed by atoms with van der Waals surface area (Å²) in [5, 5.41) is 3.14. The summed E-state index contributed by atoms with van der Waals surface area (Å²) in [7, 11) is 0. The number of nitrogens with zero attached hydrogens (tertiary/aromatic N) is 1. The van der Waals surface area contributed by atoms with Gasteiger partial charge in [0.05, 0.1) is 13.1 Å². The Labute approximate surface area is 103 Å². The maximum absolute atomic E-state index is 11.5. The Morgan fingerprint density at radius 2 is 1.94 bits per heavy atom. The Morgan fingerprint density at radius 1 is 1.24 bits per heavy atom. The number of carbonyl (C=O) groups is 1. The van der Waals surface area contributed by atoms with Crippen LogP contribution >= 0.6 is 0 Å². The highest BCUT2D eigenvalue weighted by Crippen LogP contribution is 2.20. The summed E-state index contributed by atoms with van der Waals surface area (Å²) in [6.07, 6.45) is 0. The van der Waals surface area contributed by atoms with Crippen LogP contribution in [-0.4, -0.2) is 32.0 Å². The van der Waals surface area contributed by atoms with E-state index >= 15 is 0 Å². The summed E-state index contributed by atoms with van der Waals surface area (Å²) < 4.78 is 0. The molecule has 92 valence electrons. The van der Waals surface area contributed by atoms with Crippen molar-refractivity contribution in [2.45, 2.75) is 19.8 Å². The smallest absolute Gasteiger partial charge is 0.165 e. The molecule has 0 radical (unpaired) electrons. The third-order valence-electron chi connectivity index (χ3n) is 3.17. The van der Waals surface area contributed by atoms with Crippen LogP contribution in [0, 0.1) is 0 Å². The lowest BCUT2D eigenvalue weighted by atomic mass is 10.0. The van der Waals surface area contributed by atoms with Crippen molar-refractivity contribution in [3.05, 3.63) is 29.8 Å². The summed E-state index contributed by atoms with van der Waals surface area (Å²) in [5.74, 6) is 0.812. The molecule has 1 aliphatic heterocycles. The van der Waals surface area contributed by atoms with Gasteiger partial charge in [0.2, 0.25) is 0 Å². The molecule has 1 saturated heterocycles. The number of rotatable bonds is 2. The zero-order valence-electron chi connectivity index (χ0n) is 10.6. The zero-order valence-corrected chi connectivity index (χ0v) is 10.6. The van der Waals surface area contributed by atoms with Crippen molar-refractivity contribution < 1.29 is 4.79 Å². The normalized spacial score (nSPS) is 17.4. The van der Waals surface area contributed by atoms with Gasteiger partial charge in [-0.05, 0) is 23.6 Å². The first-order chi connectivity index (χ1) is 8.16. The molecule has 3 heteroatoms. The van der Waals surface area contributed by atoms with Crippen LogP contribution in [0.4, 0.5) is 5.69 Å². The van der Waals surface area contributed by atoms with Gasteiger partial charge in [0.25, 0.3) is 0 Å². The maximum atomic E-state index is 11.5. The van der Waals surface area contributed by atoms with Crippen LogP contribution in [0.3, 0.4) is 0 Å². The van der Waals surface area contributed by atoms with Gasteiger partial charge in [-0.25, -0.2) is 0 Å². The molecular weight excluding hydrogens is 212 g/mol. The highest BCUT2D eigenvalue weighted by Gasteiger charge is 2.14. The lowest BCUT2D eigenvalue weighted by molar-refractivity contribution is -0.116. The fourth-order valence-electron chi connectivity index (χ4n) is 2.08. The number of anilines is 1. The van der Waals surface area contributed by atoms with Gasteiger partial charge in [-0.1, -0.05) is 26.0 Å². The molecule has 0 amide bonds. The molecule has 1 fully saturated rings. The fraction of sp³-hybridized carbons (Fsp3) is 0.500. The largest absolute Gasteiger partial charge is 0.363 e. The molecule has 1 N–H and O–H groups in total. The van der Waals surface area contributed by atoms with Gasteiger partial charge in [-0.15, -0.1) is 0 Å². The first kappa shape index (κ1) is 12.1. The third-order valence-corrected chi connectivity index (χ3v) is 3.17. The van der Waals surface area contributed by atoms with Crippen LogP contribution in [0.25, 0.3) is 0 Å². The molecule has 1 aliphatic rings. The third kappa shape index (κ3) is 3.07. The monoisotopic (exact) mass is 232 g/mol. The Hall–Kier alpha value is -1.35. The van der Waals surface area contributed by atoms with Crippen molar-refractivity contribution in [3.8, 4) is 0 Å². The van der Waals surface area contributed by atoms with Crippen molar-refractivity contribution in [3.63, 3.8) is 0 Å². The van der Waals surface area contributed by atoms with Crippen LogP contribution < -0.4 is 10.2 Å². The van der Waals surface area contributed by atoms with E-state index in [-0.39, 0.29) is 5.78 Å². The van der Waals surface area contributed by atoms with Crippen molar-refractivity contribution in [2.24, 2.45) is 0 Å². The molecule has 1 aromatic carbocycles. The van der Waals surface area contributed by atoms with E-state index in [2.05, 4.69) is 48.3 Å². The molecular formula is C14H20N2O. The first-order valence-electron chi connectivity index (χ1n) is 6.24. The second-order valence-electron chi connectivity index (χ2n) is 4.88. The first-order valence-corrected chi connectivity index (χ1v) is 6.24. The van der Waals surface area contributed by atoms with Gasteiger partial charge in [-0.3, -0.25) is 4.79 Å². The fourth-order valence-corrected chi connectivity index (χ4v) is 2.08. The van der Waals surface area contributed by atoms with Gasteiger partial charge in [-0.2, -0.15) is 0 Å². The minimum absolute atomic E-state index is 0.260.